The summed E-state index contributed by atoms with van der Waals surface area (Å²) in [5, 5.41) is 3.35. The van der Waals surface area contributed by atoms with E-state index in [-0.39, 0.29) is 5.56 Å². The van der Waals surface area contributed by atoms with E-state index in [4.69, 9.17) is 0 Å². The molecular formula is C11H18N2O. The van der Waals surface area contributed by atoms with Gasteiger partial charge >= 0.3 is 0 Å². The summed E-state index contributed by atoms with van der Waals surface area (Å²) >= 11 is 0. The van der Waals surface area contributed by atoms with Crippen LogP contribution in [0.15, 0.2) is 23.1 Å². The lowest BCUT2D eigenvalue weighted by atomic mass is 10.1. The monoisotopic (exact) mass is 194 g/mol. The van der Waals surface area contributed by atoms with E-state index in [0.717, 1.165) is 5.69 Å². The summed E-state index contributed by atoms with van der Waals surface area (Å²) in [6.07, 6.45) is 1.82. The fraction of sp³-hybridized carbons (Fsp3) is 0.545. The Morgan fingerprint density at radius 3 is 2.43 bits per heavy atom. The Morgan fingerprint density at radius 1 is 1.29 bits per heavy atom. The molecule has 1 N–H and O–H groups in total. The van der Waals surface area contributed by atoms with Crippen LogP contribution in [0.2, 0.25) is 0 Å². The molecule has 0 bridgehead atoms. The van der Waals surface area contributed by atoms with Crippen LogP contribution >= 0.6 is 0 Å². The molecule has 0 aliphatic heterocycles. The fourth-order valence-electron chi connectivity index (χ4n) is 1.11. The van der Waals surface area contributed by atoms with Gasteiger partial charge in [-0.3, -0.25) is 4.79 Å². The number of pyridine rings is 1. The molecule has 0 fully saturated rings. The Bertz CT molecular complexity index is 355. The number of nitrogens with zero attached hydrogens (tertiary/aromatic N) is 1. The smallest absolute Gasteiger partial charge is 0.250 e. The van der Waals surface area contributed by atoms with E-state index >= 15 is 0 Å². The minimum absolute atomic E-state index is 0.0211. The summed E-state index contributed by atoms with van der Waals surface area (Å²) in [5.41, 5.74) is 1.01. The molecule has 3 heteroatoms. The second-order valence-electron chi connectivity index (χ2n) is 4.04. The lowest BCUT2D eigenvalue weighted by molar-refractivity contribution is 0.559. The maximum atomic E-state index is 11.1. The molecule has 1 aromatic rings. The predicted octanol–water partition coefficient (Wildman–Crippen LogP) is 1.84. The van der Waals surface area contributed by atoms with Crippen LogP contribution < -0.4 is 10.9 Å². The number of nitrogens with one attached hydrogen (secondary N) is 1. The highest BCUT2D eigenvalue weighted by molar-refractivity contribution is 5.41. The normalized spacial score (nSPS) is 12.9. The Balaban J connectivity index is 2.78. The molecule has 1 unspecified atom stereocenters. The van der Waals surface area contributed by atoms with Gasteiger partial charge in [0.2, 0.25) is 5.56 Å². The van der Waals surface area contributed by atoms with Gasteiger partial charge < -0.3 is 9.88 Å². The predicted molar refractivity (Wildman–Crippen MR) is 59.6 cm³/mol. The molecule has 0 radical (unpaired) electrons. The van der Waals surface area contributed by atoms with Crippen LogP contribution in [-0.4, -0.2) is 10.6 Å². The van der Waals surface area contributed by atoms with E-state index in [9.17, 15) is 4.79 Å². The lowest BCUT2D eigenvalue weighted by Gasteiger charge is -2.18. The lowest BCUT2D eigenvalue weighted by Crippen LogP contribution is -2.23. The van der Waals surface area contributed by atoms with Gasteiger partial charge in [-0.25, -0.2) is 0 Å². The first-order valence-corrected chi connectivity index (χ1v) is 4.94. The minimum atomic E-state index is 0.0211. The van der Waals surface area contributed by atoms with E-state index in [1.807, 2.05) is 12.3 Å². The van der Waals surface area contributed by atoms with E-state index in [2.05, 4.69) is 26.1 Å². The molecule has 0 aliphatic rings. The molecule has 0 spiro atoms. The van der Waals surface area contributed by atoms with Crippen molar-refractivity contribution >= 4 is 5.69 Å². The van der Waals surface area contributed by atoms with Gasteiger partial charge in [-0.05, 0) is 18.9 Å². The maximum absolute atomic E-state index is 11.1. The molecule has 3 nitrogen and oxygen atoms in total. The minimum Gasteiger partial charge on any atom is -0.381 e. The zero-order valence-corrected chi connectivity index (χ0v) is 9.24. The number of hydrogen-bond acceptors (Lipinski definition) is 2. The fourth-order valence-corrected chi connectivity index (χ4v) is 1.11. The summed E-state index contributed by atoms with van der Waals surface area (Å²) in [6, 6.07) is 3.81. The van der Waals surface area contributed by atoms with E-state index in [0.29, 0.717) is 12.0 Å². The number of aromatic nitrogens is 1. The second-order valence-corrected chi connectivity index (χ2v) is 4.04. The van der Waals surface area contributed by atoms with Crippen LogP contribution in [0.4, 0.5) is 5.69 Å². The quantitative estimate of drug-likeness (QED) is 0.796. The Kier molecular flexibility index (Phi) is 3.33. The summed E-state index contributed by atoms with van der Waals surface area (Å²) in [7, 11) is 1.76. The molecule has 1 aromatic heterocycles. The highest BCUT2D eigenvalue weighted by Crippen LogP contribution is 2.09. The zero-order chi connectivity index (χ0) is 10.7. The molecule has 0 saturated carbocycles. The van der Waals surface area contributed by atoms with Gasteiger partial charge in [0.1, 0.15) is 0 Å². The number of anilines is 1. The Hall–Kier alpha value is -1.25. The standard InChI is InChI=1S/C11H18N2O/c1-8(2)9(3)12-10-5-6-11(14)13(4)7-10/h5-9,12H,1-4H3. The van der Waals surface area contributed by atoms with Crippen molar-refractivity contribution < 1.29 is 0 Å². The van der Waals surface area contributed by atoms with Crippen molar-refractivity contribution in [2.45, 2.75) is 26.8 Å². The molecule has 1 atom stereocenters. The maximum Gasteiger partial charge on any atom is 0.250 e. The van der Waals surface area contributed by atoms with Crippen molar-refractivity contribution in [2.24, 2.45) is 13.0 Å². The highest BCUT2D eigenvalue weighted by Gasteiger charge is 2.06. The van der Waals surface area contributed by atoms with Crippen molar-refractivity contribution in [2.75, 3.05) is 5.32 Å². The van der Waals surface area contributed by atoms with Crippen molar-refractivity contribution in [3.8, 4) is 0 Å². The molecule has 0 saturated heterocycles. The van der Waals surface area contributed by atoms with Gasteiger partial charge in [0.25, 0.3) is 0 Å². The van der Waals surface area contributed by atoms with Crippen LogP contribution in [0.25, 0.3) is 0 Å². The highest BCUT2D eigenvalue weighted by atomic mass is 16.1. The van der Waals surface area contributed by atoms with Gasteiger partial charge in [0.05, 0.1) is 5.69 Å². The molecule has 14 heavy (non-hydrogen) atoms. The third kappa shape index (κ3) is 2.62. The van der Waals surface area contributed by atoms with E-state index in [1.54, 1.807) is 17.7 Å². The zero-order valence-electron chi connectivity index (χ0n) is 9.24. The van der Waals surface area contributed by atoms with Gasteiger partial charge in [-0.1, -0.05) is 13.8 Å². The van der Waals surface area contributed by atoms with E-state index < -0.39 is 0 Å². The third-order valence-corrected chi connectivity index (χ3v) is 2.48. The van der Waals surface area contributed by atoms with Gasteiger partial charge in [-0.2, -0.15) is 0 Å². The first kappa shape index (κ1) is 10.8. The van der Waals surface area contributed by atoms with Crippen molar-refractivity contribution in [3.05, 3.63) is 28.7 Å². The molecule has 0 aromatic carbocycles. The van der Waals surface area contributed by atoms with Crippen LogP contribution in [0.1, 0.15) is 20.8 Å². The number of hydrogen-bond donors (Lipinski definition) is 1. The summed E-state index contributed by atoms with van der Waals surface area (Å²) in [4.78, 5) is 11.1. The molecule has 1 heterocycles. The largest absolute Gasteiger partial charge is 0.381 e. The van der Waals surface area contributed by atoms with E-state index in [1.165, 1.54) is 0 Å². The molecule has 78 valence electrons. The molecule has 1 rings (SSSR count). The van der Waals surface area contributed by atoms with Crippen LogP contribution in [0.3, 0.4) is 0 Å². The average molecular weight is 194 g/mol. The van der Waals surface area contributed by atoms with Crippen LogP contribution in [-0.2, 0) is 7.05 Å². The number of rotatable bonds is 3. The van der Waals surface area contributed by atoms with Gasteiger partial charge in [0.15, 0.2) is 0 Å². The summed E-state index contributed by atoms with van der Waals surface area (Å²) < 4.78 is 1.58. The SMILES string of the molecule is CC(C)C(C)Nc1ccc(=O)n(C)c1. The van der Waals surface area contributed by atoms with Crippen LogP contribution in [0.5, 0.6) is 0 Å². The molecule has 0 amide bonds. The van der Waals surface area contributed by atoms with Crippen LogP contribution in [0, 0.1) is 5.92 Å². The average Bonchev–Trinajstić information content (AvgIpc) is 2.11. The van der Waals surface area contributed by atoms with Crippen molar-refractivity contribution in [3.63, 3.8) is 0 Å². The van der Waals surface area contributed by atoms with Gasteiger partial charge in [0, 0.05) is 25.4 Å². The third-order valence-electron chi connectivity index (χ3n) is 2.48. The number of aryl methyl sites for hydroxylation is 1. The first-order valence-electron chi connectivity index (χ1n) is 4.94. The Morgan fingerprint density at radius 2 is 1.93 bits per heavy atom. The Labute approximate surface area is 84.8 Å². The molecular weight excluding hydrogens is 176 g/mol. The topological polar surface area (TPSA) is 34.0 Å². The van der Waals surface area contributed by atoms with Crippen molar-refractivity contribution in [1.82, 2.24) is 4.57 Å². The van der Waals surface area contributed by atoms with Gasteiger partial charge in [-0.15, -0.1) is 0 Å². The second kappa shape index (κ2) is 4.31. The summed E-state index contributed by atoms with van der Waals surface area (Å²) in [6.45, 7) is 6.47. The summed E-state index contributed by atoms with van der Waals surface area (Å²) in [5.74, 6) is 0.576. The first-order chi connectivity index (χ1) is 6.50. The molecule has 0 aliphatic carbocycles. The van der Waals surface area contributed by atoms with Crippen molar-refractivity contribution in [1.29, 1.82) is 0 Å².